The first-order valence-corrected chi connectivity index (χ1v) is 6.23. The average molecular weight is 312 g/mol. The fourth-order valence-electron chi connectivity index (χ4n) is 1.63. The molecular weight excluding hydrogens is 302 g/mol. The Morgan fingerprint density at radius 3 is 2.90 bits per heavy atom. The molecule has 0 N–H and O–H groups in total. The highest BCUT2D eigenvalue weighted by atomic mass is 35.5. The quantitative estimate of drug-likeness (QED) is 0.479. The third kappa shape index (κ3) is 2.97. The zero-order valence-electron chi connectivity index (χ0n) is 11.1. The predicted octanol–water partition coefficient (Wildman–Crippen LogP) is 1.71. The van der Waals surface area contributed by atoms with Gasteiger partial charge in [0.2, 0.25) is 5.82 Å². The molecule has 21 heavy (non-hydrogen) atoms. The van der Waals surface area contributed by atoms with E-state index in [4.69, 9.17) is 16.3 Å². The fraction of sp³-hybridized carbons (Fsp3) is 0.273. The van der Waals surface area contributed by atoms with E-state index in [0.29, 0.717) is 0 Å². The highest BCUT2D eigenvalue weighted by Gasteiger charge is 2.25. The van der Waals surface area contributed by atoms with Gasteiger partial charge in [-0.3, -0.25) is 0 Å². The second-order valence-electron chi connectivity index (χ2n) is 3.87. The first-order chi connectivity index (χ1) is 9.93. The van der Waals surface area contributed by atoms with Crippen molar-refractivity contribution in [1.82, 2.24) is 19.7 Å². The number of rotatable bonds is 4. The summed E-state index contributed by atoms with van der Waals surface area (Å²) in [5, 5.41) is 15.2. The van der Waals surface area contributed by atoms with Crippen LogP contribution in [0.5, 0.6) is 0 Å². The van der Waals surface area contributed by atoms with Crippen molar-refractivity contribution in [2.24, 2.45) is 0 Å². The van der Waals surface area contributed by atoms with Crippen LogP contribution in [0.25, 0.3) is 5.69 Å². The van der Waals surface area contributed by atoms with Gasteiger partial charge in [0.25, 0.3) is 0 Å². The number of aryl methyl sites for hydroxylation is 1. The van der Waals surface area contributed by atoms with E-state index in [0.717, 1.165) is 10.9 Å². The Balaban J connectivity index is 2.64. The number of aromatic nitrogens is 4. The summed E-state index contributed by atoms with van der Waals surface area (Å²) in [5.74, 6) is -1.16. The van der Waals surface area contributed by atoms with E-state index >= 15 is 0 Å². The number of carbonyl (C=O) groups excluding carboxylic acids is 1. The van der Waals surface area contributed by atoms with Gasteiger partial charge in [0.1, 0.15) is 5.82 Å². The number of nitro groups is 1. The molecule has 0 spiro atoms. The maximum Gasteiger partial charge on any atom is 0.389 e. The van der Waals surface area contributed by atoms with Gasteiger partial charge in [-0.05, 0) is 29.8 Å². The lowest BCUT2D eigenvalue weighted by Crippen LogP contribution is -2.14. The second kappa shape index (κ2) is 5.83. The van der Waals surface area contributed by atoms with Crippen molar-refractivity contribution in [3.63, 3.8) is 0 Å². The molecule has 2 rings (SSSR count). The van der Waals surface area contributed by atoms with E-state index in [1.54, 1.807) is 13.8 Å². The molecule has 0 saturated heterocycles. The number of halogens is 1. The molecule has 9 nitrogen and oxygen atoms in total. The van der Waals surface area contributed by atoms with Crippen molar-refractivity contribution in [1.29, 1.82) is 0 Å². The molecule has 0 aliphatic carbocycles. The molecule has 2 aromatic rings. The Kier molecular flexibility index (Phi) is 4.13. The molecule has 2 aromatic heterocycles. The van der Waals surface area contributed by atoms with E-state index in [1.165, 1.54) is 6.07 Å². The Labute approximate surface area is 123 Å². The number of hydrogen-bond donors (Lipinski definition) is 0. The zero-order valence-corrected chi connectivity index (χ0v) is 11.9. The minimum Gasteiger partial charge on any atom is -0.460 e. The van der Waals surface area contributed by atoms with Gasteiger partial charge >= 0.3 is 11.8 Å². The van der Waals surface area contributed by atoms with Crippen LogP contribution in [0.2, 0.25) is 5.02 Å². The van der Waals surface area contributed by atoms with Crippen LogP contribution >= 0.6 is 11.6 Å². The monoisotopic (exact) mass is 311 g/mol. The van der Waals surface area contributed by atoms with Crippen LogP contribution in [0.1, 0.15) is 23.4 Å². The lowest BCUT2D eigenvalue weighted by molar-refractivity contribution is -0.389. The van der Waals surface area contributed by atoms with Crippen molar-refractivity contribution < 1.29 is 14.5 Å². The van der Waals surface area contributed by atoms with Gasteiger partial charge in [0, 0.05) is 0 Å². The predicted molar refractivity (Wildman–Crippen MR) is 71.5 cm³/mol. The van der Waals surface area contributed by atoms with E-state index < -0.39 is 16.7 Å². The minimum absolute atomic E-state index is 0.0591. The Morgan fingerprint density at radius 1 is 1.57 bits per heavy atom. The summed E-state index contributed by atoms with van der Waals surface area (Å²) in [6.45, 7) is 3.32. The SMILES string of the molecule is CCOC(=O)c1nc(C)nn1-c1cc(Cl)cnc1[N+](=O)[O-]. The molecule has 0 radical (unpaired) electrons. The number of pyridine rings is 1. The maximum atomic E-state index is 11.8. The van der Waals surface area contributed by atoms with Gasteiger partial charge < -0.3 is 14.9 Å². The summed E-state index contributed by atoms with van der Waals surface area (Å²) in [7, 11) is 0. The molecule has 0 aliphatic heterocycles. The highest BCUT2D eigenvalue weighted by Crippen LogP contribution is 2.24. The molecule has 0 fully saturated rings. The lowest BCUT2D eigenvalue weighted by atomic mass is 10.4. The summed E-state index contributed by atoms with van der Waals surface area (Å²) >= 11 is 5.81. The molecule has 0 aromatic carbocycles. The van der Waals surface area contributed by atoms with E-state index in [1.807, 2.05) is 0 Å². The van der Waals surface area contributed by atoms with Crippen LogP contribution in [-0.2, 0) is 4.74 Å². The smallest absolute Gasteiger partial charge is 0.389 e. The Hall–Kier alpha value is -2.55. The first kappa shape index (κ1) is 14.9. The molecule has 0 unspecified atom stereocenters. The summed E-state index contributed by atoms with van der Waals surface area (Å²) in [5.41, 5.74) is -0.0591. The van der Waals surface area contributed by atoms with E-state index in [2.05, 4.69) is 15.1 Å². The van der Waals surface area contributed by atoms with Crippen LogP contribution in [-0.4, -0.2) is 37.2 Å². The largest absolute Gasteiger partial charge is 0.460 e. The van der Waals surface area contributed by atoms with Crippen LogP contribution in [0.3, 0.4) is 0 Å². The zero-order chi connectivity index (χ0) is 15.6. The highest BCUT2D eigenvalue weighted by molar-refractivity contribution is 6.30. The Morgan fingerprint density at radius 2 is 2.29 bits per heavy atom. The van der Waals surface area contributed by atoms with Crippen LogP contribution in [0, 0.1) is 17.0 Å². The first-order valence-electron chi connectivity index (χ1n) is 5.85. The van der Waals surface area contributed by atoms with Gasteiger partial charge in [-0.2, -0.15) is 9.78 Å². The number of esters is 1. The lowest BCUT2D eigenvalue weighted by Gasteiger charge is -2.05. The maximum absolute atomic E-state index is 11.8. The normalized spacial score (nSPS) is 10.4. The summed E-state index contributed by atoms with van der Waals surface area (Å²) in [6, 6.07) is 1.28. The fourth-order valence-corrected chi connectivity index (χ4v) is 1.78. The topological polar surface area (TPSA) is 113 Å². The Bertz CT molecular complexity index is 715. The van der Waals surface area contributed by atoms with Gasteiger partial charge in [0.15, 0.2) is 11.9 Å². The van der Waals surface area contributed by atoms with Crippen LogP contribution in [0.4, 0.5) is 5.82 Å². The standard InChI is InChI=1S/C11H10ClN5O4/c1-3-21-11(18)10-14-6(2)15-16(10)8-4-7(12)5-13-9(8)17(19)20/h4-5H,3H2,1-2H3. The van der Waals surface area contributed by atoms with E-state index in [-0.39, 0.29) is 29.0 Å². The number of hydrogen-bond acceptors (Lipinski definition) is 7. The third-order valence-electron chi connectivity index (χ3n) is 2.39. The van der Waals surface area contributed by atoms with Crippen molar-refractivity contribution >= 4 is 23.4 Å². The van der Waals surface area contributed by atoms with Crippen molar-refractivity contribution in [2.75, 3.05) is 6.61 Å². The van der Waals surface area contributed by atoms with Crippen LogP contribution in [0.15, 0.2) is 12.3 Å². The molecule has 0 aliphatic rings. The average Bonchev–Trinajstić information content (AvgIpc) is 2.80. The van der Waals surface area contributed by atoms with Crippen molar-refractivity contribution in [3.8, 4) is 5.69 Å². The van der Waals surface area contributed by atoms with Gasteiger partial charge in [-0.1, -0.05) is 11.6 Å². The van der Waals surface area contributed by atoms with Crippen molar-refractivity contribution in [2.45, 2.75) is 13.8 Å². The van der Waals surface area contributed by atoms with Gasteiger partial charge in [-0.25, -0.2) is 9.78 Å². The molecule has 10 heteroatoms. The molecule has 0 atom stereocenters. The molecule has 0 amide bonds. The minimum atomic E-state index is -0.743. The van der Waals surface area contributed by atoms with Gasteiger partial charge in [-0.15, -0.1) is 0 Å². The molecule has 2 heterocycles. The number of carbonyl (C=O) groups is 1. The summed E-state index contributed by atoms with van der Waals surface area (Å²) in [4.78, 5) is 29.8. The molecule has 0 saturated carbocycles. The molecule has 0 bridgehead atoms. The van der Waals surface area contributed by atoms with E-state index in [9.17, 15) is 14.9 Å². The molecular formula is C11H10ClN5O4. The van der Waals surface area contributed by atoms with Crippen molar-refractivity contribution in [3.05, 3.63) is 39.0 Å². The summed E-state index contributed by atoms with van der Waals surface area (Å²) in [6.07, 6.45) is 1.14. The number of ether oxygens (including phenoxy) is 1. The third-order valence-corrected chi connectivity index (χ3v) is 2.59. The van der Waals surface area contributed by atoms with Gasteiger partial charge in [0.05, 0.1) is 11.6 Å². The van der Waals surface area contributed by atoms with Crippen LogP contribution < -0.4 is 0 Å². The summed E-state index contributed by atoms with van der Waals surface area (Å²) < 4.78 is 5.85. The second-order valence-corrected chi connectivity index (χ2v) is 4.30. The number of nitrogens with zero attached hydrogens (tertiary/aromatic N) is 5. The molecule has 110 valence electrons.